The normalized spacial score (nSPS) is 43.9. The topological polar surface area (TPSA) is 52.0 Å². The lowest BCUT2D eigenvalue weighted by molar-refractivity contribution is -0.166. The number of carbonyl (C=O) groups excluding carboxylic acids is 1. The van der Waals surface area contributed by atoms with Gasteiger partial charge in [-0.3, -0.25) is 0 Å². The van der Waals surface area contributed by atoms with Gasteiger partial charge in [0.15, 0.2) is 6.10 Å². The Balaban J connectivity index is 1.86. The van der Waals surface area contributed by atoms with Crippen LogP contribution < -0.4 is 0 Å². The smallest absolute Gasteiger partial charge is 0.339 e. The molecule has 4 rings (SSSR count). The van der Waals surface area contributed by atoms with Gasteiger partial charge >= 0.3 is 5.97 Å². The number of hydrogen-bond donors (Lipinski definition) is 0. The molecule has 0 N–H and O–H groups in total. The predicted octanol–water partition coefficient (Wildman–Crippen LogP) is 2.76. The first kappa shape index (κ1) is 11.3. The molecule has 0 bridgehead atoms. The average Bonchev–Trinajstić information content (AvgIpc) is 2.94. The van der Waals surface area contributed by atoms with Crippen LogP contribution >= 0.6 is 0 Å². The SMILES string of the molecule is CC1=CCC[C@@]2(C)[C@H](c3ccoc3)OC(=O)[C@H]3O[C@@]132. The Morgan fingerprint density at radius 2 is 2.21 bits per heavy atom. The molecule has 0 radical (unpaired) electrons. The predicted molar refractivity (Wildman–Crippen MR) is 66.2 cm³/mol. The Hall–Kier alpha value is -1.55. The zero-order valence-corrected chi connectivity index (χ0v) is 11.0. The molecule has 3 heterocycles. The fourth-order valence-electron chi connectivity index (χ4n) is 3.97. The third-order valence-electron chi connectivity index (χ3n) is 5.04. The molecule has 3 aliphatic rings. The van der Waals surface area contributed by atoms with E-state index in [1.165, 1.54) is 0 Å². The van der Waals surface area contributed by atoms with Crippen molar-refractivity contribution in [2.24, 2.45) is 5.41 Å². The number of furan rings is 1. The van der Waals surface area contributed by atoms with Gasteiger partial charge in [-0.25, -0.2) is 4.79 Å². The van der Waals surface area contributed by atoms with E-state index in [4.69, 9.17) is 13.9 Å². The number of hydrogen-bond acceptors (Lipinski definition) is 4. The van der Waals surface area contributed by atoms with E-state index < -0.39 is 11.7 Å². The van der Waals surface area contributed by atoms with Gasteiger partial charge in [0.05, 0.1) is 12.5 Å². The van der Waals surface area contributed by atoms with E-state index >= 15 is 0 Å². The molecule has 1 aliphatic carbocycles. The standard InChI is InChI=1S/C15H16O4/c1-9-4-3-6-14(2)11(10-5-7-17-8-10)18-13(16)12-15(9,14)19-12/h4-5,7-8,11-12H,3,6H2,1-2H3/t11-,12+,14-,15-/m0/s1. The summed E-state index contributed by atoms with van der Waals surface area (Å²) in [6.45, 7) is 4.22. The van der Waals surface area contributed by atoms with Crippen LogP contribution in [0.4, 0.5) is 0 Å². The summed E-state index contributed by atoms with van der Waals surface area (Å²) >= 11 is 0. The Morgan fingerprint density at radius 3 is 2.95 bits per heavy atom. The lowest BCUT2D eigenvalue weighted by Gasteiger charge is -2.46. The number of cyclic esters (lactones) is 1. The van der Waals surface area contributed by atoms with Crippen LogP contribution in [-0.4, -0.2) is 17.7 Å². The molecule has 2 saturated heterocycles. The number of ether oxygens (including phenoxy) is 2. The summed E-state index contributed by atoms with van der Waals surface area (Å²) in [5.41, 5.74) is 1.41. The Kier molecular flexibility index (Phi) is 1.97. The number of epoxide rings is 1. The van der Waals surface area contributed by atoms with Crippen molar-refractivity contribution < 1.29 is 18.7 Å². The molecule has 1 aromatic rings. The molecule has 4 heteroatoms. The lowest BCUT2D eigenvalue weighted by Crippen LogP contribution is -2.51. The van der Waals surface area contributed by atoms with Crippen LogP contribution in [0.2, 0.25) is 0 Å². The maximum Gasteiger partial charge on any atom is 0.339 e. The minimum absolute atomic E-state index is 0.214. The lowest BCUT2D eigenvalue weighted by atomic mass is 9.60. The second-order valence-corrected chi connectivity index (χ2v) is 5.95. The van der Waals surface area contributed by atoms with Gasteiger partial charge in [0.2, 0.25) is 0 Å². The maximum atomic E-state index is 12.1. The van der Waals surface area contributed by atoms with E-state index in [-0.39, 0.29) is 17.5 Å². The summed E-state index contributed by atoms with van der Waals surface area (Å²) in [6.07, 6.45) is 6.69. The molecule has 0 amide bonds. The van der Waals surface area contributed by atoms with Gasteiger partial charge in [0.25, 0.3) is 0 Å². The van der Waals surface area contributed by atoms with E-state index in [0.717, 1.165) is 24.0 Å². The van der Waals surface area contributed by atoms with Gasteiger partial charge in [-0.2, -0.15) is 0 Å². The van der Waals surface area contributed by atoms with Crippen LogP contribution in [0.15, 0.2) is 34.7 Å². The number of esters is 1. The van der Waals surface area contributed by atoms with Crippen LogP contribution in [0.1, 0.15) is 38.4 Å². The molecule has 19 heavy (non-hydrogen) atoms. The van der Waals surface area contributed by atoms with Crippen LogP contribution in [0, 0.1) is 5.41 Å². The van der Waals surface area contributed by atoms with E-state index in [0.29, 0.717) is 0 Å². The molecule has 0 unspecified atom stereocenters. The van der Waals surface area contributed by atoms with Gasteiger partial charge in [-0.15, -0.1) is 0 Å². The highest BCUT2D eigenvalue weighted by Gasteiger charge is 2.77. The summed E-state index contributed by atoms with van der Waals surface area (Å²) in [6, 6.07) is 1.87. The molecule has 2 aliphatic heterocycles. The van der Waals surface area contributed by atoms with E-state index in [1.807, 2.05) is 6.07 Å². The van der Waals surface area contributed by atoms with Gasteiger partial charge in [-0.1, -0.05) is 13.0 Å². The number of rotatable bonds is 1. The van der Waals surface area contributed by atoms with Gasteiger partial charge in [0, 0.05) is 11.0 Å². The number of allylic oxidation sites excluding steroid dienone is 1. The summed E-state index contributed by atoms with van der Waals surface area (Å²) in [5, 5.41) is 0. The minimum Gasteiger partial charge on any atom is -0.472 e. The fraction of sp³-hybridized carbons (Fsp3) is 0.533. The van der Waals surface area contributed by atoms with Gasteiger partial charge in [-0.05, 0) is 31.4 Å². The van der Waals surface area contributed by atoms with E-state index in [9.17, 15) is 4.79 Å². The van der Waals surface area contributed by atoms with Crippen LogP contribution in [0.5, 0.6) is 0 Å². The van der Waals surface area contributed by atoms with Crippen molar-refractivity contribution in [3.63, 3.8) is 0 Å². The maximum absolute atomic E-state index is 12.1. The van der Waals surface area contributed by atoms with Crippen molar-refractivity contribution >= 4 is 5.97 Å². The molecule has 0 saturated carbocycles. The highest BCUT2D eigenvalue weighted by Crippen LogP contribution is 2.67. The monoisotopic (exact) mass is 260 g/mol. The largest absolute Gasteiger partial charge is 0.472 e. The van der Waals surface area contributed by atoms with Crippen molar-refractivity contribution in [2.45, 2.75) is 44.5 Å². The zero-order chi connectivity index (χ0) is 13.3. The summed E-state index contributed by atoms with van der Waals surface area (Å²) in [4.78, 5) is 12.1. The molecule has 4 nitrogen and oxygen atoms in total. The highest BCUT2D eigenvalue weighted by atomic mass is 16.7. The van der Waals surface area contributed by atoms with E-state index in [2.05, 4.69) is 19.9 Å². The highest BCUT2D eigenvalue weighted by molar-refractivity contribution is 5.83. The molecule has 100 valence electrons. The Morgan fingerprint density at radius 1 is 1.37 bits per heavy atom. The Bertz CT molecular complexity index is 573. The molecule has 1 spiro atoms. The second kappa shape index (κ2) is 3.31. The molecule has 4 atom stereocenters. The summed E-state index contributed by atoms with van der Waals surface area (Å²) in [7, 11) is 0. The fourth-order valence-corrected chi connectivity index (χ4v) is 3.97. The van der Waals surface area contributed by atoms with Crippen molar-refractivity contribution in [2.75, 3.05) is 0 Å². The van der Waals surface area contributed by atoms with Gasteiger partial charge < -0.3 is 13.9 Å². The van der Waals surface area contributed by atoms with Crippen molar-refractivity contribution in [3.8, 4) is 0 Å². The van der Waals surface area contributed by atoms with Crippen molar-refractivity contribution in [3.05, 3.63) is 35.8 Å². The third kappa shape index (κ3) is 1.16. The van der Waals surface area contributed by atoms with Crippen LogP contribution in [0.3, 0.4) is 0 Å². The van der Waals surface area contributed by atoms with Gasteiger partial charge in [0.1, 0.15) is 11.7 Å². The molecule has 1 aromatic heterocycles. The summed E-state index contributed by atoms with van der Waals surface area (Å²) in [5.74, 6) is -0.252. The quantitative estimate of drug-likeness (QED) is 0.442. The molecule has 2 fully saturated rings. The molecular formula is C15H16O4. The van der Waals surface area contributed by atoms with Crippen LogP contribution in [-0.2, 0) is 14.3 Å². The first-order valence-electron chi connectivity index (χ1n) is 6.67. The minimum atomic E-state index is -0.456. The van der Waals surface area contributed by atoms with Crippen molar-refractivity contribution in [1.82, 2.24) is 0 Å². The zero-order valence-electron chi connectivity index (χ0n) is 11.0. The summed E-state index contributed by atoms with van der Waals surface area (Å²) < 4.78 is 16.7. The number of carbonyl (C=O) groups is 1. The Labute approximate surface area is 111 Å². The van der Waals surface area contributed by atoms with Crippen LogP contribution in [0.25, 0.3) is 0 Å². The van der Waals surface area contributed by atoms with E-state index in [1.54, 1.807) is 12.5 Å². The molecule has 0 aromatic carbocycles. The second-order valence-electron chi connectivity index (χ2n) is 5.95. The molecular weight excluding hydrogens is 244 g/mol. The third-order valence-corrected chi connectivity index (χ3v) is 5.04. The average molecular weight is 260 g/mol. The first-order valence-corrected chi connectivity index (χ1v) is 6.67. The van der Waals surface area contributed by atoms with Crippen molar-refractivity contribution in [1.29, 1.82) is 0 Å². The first-order chi connectivity index (χ1) is 9.09.